The maximum Gasteiger partial charge on any atom is 0.203 e. The van der Waals surface area contributed by atoms with Crippen molar-refractivity contribution in [1.29, 1.82) is 0 Å². The summed E-state index contributed by atoms with van der Waals surface area (Å²) in [5.74, 6) is 0.627. The summed E-state index contributed by atoms with van der Waals surface area (Å²) in [5, 5.41) is 16.5. The molecule has 0 unspecified atom stereocenters. The Morgan fingerprint density at radius 2 is 1.95 bits per heavy atom. The van der Waals surface area contributed by atoms with Gasteiger partial charge in [0.05, 0.1) is 26.1 Å². The smallest absolute Gasteiger partial charge is 0.203 e. The third-order valence-electron chi connectivity index (χ3n) is 2.49. The molecule has 1 heterocycles. The summed E-state index contributed by atoms with van der Waals surface area (Å²) < 4.78 is 10.1. The predicted octanol–water partition coefficient (Wildman–Crippen LogP) is 2.62. The van der Waals surface area contributed by atoms with Gasteiger partial charge in [0.15, 0.2) is 11.5 Å². The number of nitrogens with zero attached hydrogens (tertiary/aromatic N) is 2. The average Bonchev–Trinajstić information content (AvgIpc) is 2.86. The summed E-state index contributed by atoms with van der Waals surface area (Å²) >= 11 is 1.48. The largest absolute Gasteiger partial charge is 0.502 e. The van der Waals surface area contributed by atoms with Crippen LogP contribution < -0.4 is 14.9 Å². The Hall–Kier alpha value is -2.28. The molecule has 106 valence electrons. The van der Waals surface area contributed by atoms with Crippen LogP contribution in [0.1, 0.15) is 11.3 Å². The van der Waals surface area contributed by atoms with Crippen LogP contribution in [0.4, 0.5) is 5.13 Å². The van der Waals surface area contributed by atoms with E-state index in [1.165, 1.54) is 25.6 Å². The van der Waals surface area contributed by atoms with Crippen LogP contribution in [0.15, 0.2) is 22.6 Å². The quantitative estimate of drug-likeness (QED) is 0.654. The highest BCUT2D eigenvalue weighted by Gasteiger charge is 2.10. The van der Waals surface area contributed by atoms with Crippen LogP contribution in [0.25, 0.3) is 0 Å². The van der Waals surface area contributed by atoms with Crippen molar-refractivity contribution in [2.45, 2.75) is 6.92 Å². The van der Waals surface area contributed by atoms with E-state index >= 15 is 0 Å². The average molecular weight is 293 g/mol. The standard InChI is InChI=1S/C13H15N3O3S/c1-8-7-20-13(15-8)16-14-6-9-4-10(18-2)12(17)11(5-9)19-3/h4-7,17H,1-3H3,(H,15,16)/b14-6+. The zero-order chi connectivity index (χ0) is 14.5. The summed E-state index contributed by atoms with van der Waals surface area (Å²) in [7, 11) is 2.96. The number of phenolic OH excluding ortho intramolecular Hbond substituents is 1. The van der Waals surface area contributed by atoms with Gasteiger partial charge in [-0.1, -0.05) is 0 Å². The summed E-state index contributed by atoms with van der Waals surface area (Å²) in [6.45, 7) is 1.92. The van der Waals surface area contributed by atoms with Gasteiger partial charge in [0.2, 0.25) is 10.9 Å². The molecule has 0 spiro atoms. The third kappa shape index (κ3) is 3.18. The summed E-state index contributed by atoms with van der Waals surface area (Å²) in [6, 6.07) is 3.33. The minimum absolute atomic E-state index is 0.0318. The second-order valence-corrected chi connectivity index (χ2v) is 4.80. The summed E-state index contributed by atoms with van der Waals surface area (Å²) in [5.41, 5.74) is 4.51. The SMILES string of the molecule is COc1cc(/C=N/Nc2nc(C)cs2)cc(OC)c1O. The molecule has 1 aromatic heterocycles. The van der Waals surface area contributed by atoms with Gasteiger partial charge in [-0.2, -0.15) is 5.10 Å². The van der Waals surface area contributed by atoms with Crippen LogP contribution in [0.5, 0.6) is 17.2 Å². The Balaban J connectivity index is 2.16. The van der Waals surface area contributed by atoms with E-state index in [1.54, 1.807) is 18.3 Å². The number of nitrogens with one attached hydrogen (secondary N) is 1. The van der Waals surface area contributed by atoms with Crippen molar-refractivity contribution in [3.63, 3.8) is 0 Å². The van der Waals surface area contributed by atoms with Crippen molar-refractivity contribution in [1.82, 2.24) is 4.98 Å². The number of hydrogen-bond donors (Lipinski definition) is 2. The lowest BCUT2D eigenvalue weighted by Crippen LogP contribution is -1.94. The Bertz CT molecular complexity index is 600. The maximum absolute atomic E-state index is 9.80. The molecule has 20 heavy (non-hydrogen) atoms. The van der Waals surface area contributed by atoms with Crippen LogP contribution in [0.2, 0.25) is 0 Å². The van der Waals surface area contributed by atoms with E-state index in [4.69, 9.17) is 9.47 Å². The summed E-state index contributed by atoms with van der Waals surface area (Å²) in [6.07, 6.45) is 1.60. The first-order valence-electron chi connectivity index (χ1n) is 5.80. The molecule has 0 saturated carbocycles. The molecule has 0 amide bonds. The highest BCUT2D eigenvalue weighted by Crippen LogP contribution is 2.36. The van der Waals surface area contributed by atoms with Crippen LogP contribution in [-0.4, -0.2) is 30.5 Å². The zero-order valence-corrected chi connectivity index (χ0v) is 12.2. The molecule has 7 heteroatoms. The second kappa shape index (κ2) is 6.25. The van der Waals surface area contributed by atoms with Crippen molar-refractivity contribution in [3.05, 3.63) is 28.8 Å². The number of benzene rings is 1. The van der Waals surface area contributed by atoms with Crippen molar-refractivity contribution in [2.75, 3.05) is 19.6 Å². The number of thiazole rings is 1. The summed E-state index contributed by atoms with van der Waals surface area (Å²) in [4.78, 5) is 4.23. The Labute approximate surface area is 120 Å². The van der Waals surface area contributed by atoms with Crippen molar-refractivity contribution < 1.29 is 14.6 Å². The fraction of sp³-hybridized carbons (Fsp3) is 0.231. The molecule has 0 aliphatic carbocycles. The van der Waals surface area contributed by atoms with E-state index in [-0.39, 0.29) is 5.75 Å². The van der Waals surface area contributed by atoms with Gasteiger partial charge in [-0.25, -0.2) is 4.98 Å². The minimum Gasteiger partial charge on any atom is -0.502 e. The van der Waals surface area contributed by atoms with Crippen LogP contribution in [0, 0.1) is 6.92 Å². The number of hydrogen-bond acceptors (Lipinski definition) is 7. The normalized spacial score (nSPS) is 10.8. The molecule has 0 aliphatic heterocycles. The van der Waals surface area contributed by atoms with Gasteiger partial charge in [-0.05, 0) is 19.1 Å². The molecule has 1 aromatic carbocycles. The first kappa shape index (κ1) is 14.1. The van der Waals surface area contributed by atoms with Gasteiger partial charge in [0.1, 0.15) is 0 Å². The fourth-order valence-electron chi connectivity index (χ4n) is 1.56. The molecule has 0 aliphatic rings. The molecule has 2 N–H and O–H groups in total. The molecule has 2 rings (SSSR count). The number of rotatable bonds is 5. The van der Waals surface area contributed by atoms with Crippen LogP contribution in [0.3, 0.4) is 0 Å². The van der Waals surface area contributed by atoms with E-state index in [2.05, 4.69) is 15.5 Å². The lowest BCUT2D eigenvalue weighted by Gasteiger charge is -2.09. The van der Waals surface area contributed by atoms with E-state index < -0.39 is 0 Å². The molecule has 0 saturated heterocycles. The number of aromatic hydroxyl groups is 1. The number of hydrazone groups is 1. The van der Waals surface area contributed by atoms with Crippen LogP contribution in [-0.2, 0) is 0 Å². The van der Waals surface area contributed by atoms with Gasteiger partial charge in [-0.15, -0.1) is 11.3 Å². The highest BCUT2D eigenvalue weighted by molar-refractivity contribution is 7.13. The lowest BCUT2D eigenvalue weighted by atomic mass is 10.2. The Kier molecular flexibility index (Phi) is 4.41. The molecule has 0 fully saturated rings. The van der Waals surface area contributed by atoms with E-state index in [1.807, 2.05) is 12.3 Å². The van der Waals surface area contributed by atoms with E-state index in [9.17, 15) is 5.11 Å². The number of aryl methyl sites for hydroxylation is 1. The Morgan fingerprint density at radius 3 is 2.45 bits per heavy atom. The molecule has 6 nitrogen and oxygen atoms in total. The monoisotopic (exact) mass is 293 g/mol. The first-order chi connectivity index (χ1) is 9.63. The van der Waals surface area contributed by atoms with Gasteiger partial charge in [0.25, 0.3) is 0 Å². The molecule has 0 radical (unpaired) electrons. The number of aromatic nitrogens is 1. The number of ether oxygens (including phenoxy) is 2. The molecule has 0 atom stereocenters. The molecular weight excluding hydrogens is 278 g/mol. The molecular formula is C13H15N3O3S. The zero-order valence-electron chi connectivity index (χ0n) is 11.4. The van der Waals surface area contributed by atoms with E-state index in [0.717, 1.165) is 16.4 Å². The topological polar surface area (TPSA) is 76.0 Å². The van der Waals surface area contributed by atoms with Crippen molar-refractivity contribution in [3.8, 4) is 17.2 Å². The van der Waals surface area contributed by atoms with Gasteiger partial charge >= 0.3 is 0 Å². The molecule has 0 bridgehead atoms. The number of phenols is 1. The van der Waals surface area contributed by atoms with Gasteiger partial charge < -0.3 is 14.6 Å². The Morgan fingerprint density at radius 1 is 1.30 bits per heavy atom. The molecule has 2 aromatic rings. The van der Waals surface area contributed by atoms with E-state index in [0.29, 0.717) is 11.5 Å². The van der Waals surface area contributed by atoms with Crippen LogP contribution >= 0.6 is 11.3 Å². The van der Waals surface area contributed by atoms with Gasteiger partial charge in [-0.3, -0.25) is 5.43 Å². The minimum atomic E-state index is -0.0318. The first-order valence-corrected chi connectivity index (χ1v) is 6.68. The third-order valence-corrected chi connectivity index (χ3v) is 3.36. The number of anilines is 1. The number of methoxy groups -OCH3 is 2. The van der Waals surface area contributed by atoms with Crippen molar-refractivity contribution >= 4 is 22.7 Å². The highest BCUT2D eigenvalue weighted by atomic mass is 32.1. The lowest BCUT2D eigenvalue weighted by molar-refractivity contribution is 0.340. The van der Waals surface area contributed by atoms with Crippen molar-refractivity contribution in [2.24, 2.45) is 5.10 Å². The maximum atomic E-state index is 9.80. The van der Waals surface area contributed by atoms with Gasteiger partial charge in [0, 0.05) is 10.9 Å². The predicted molar refractivity (Wildman–Crippen MR) is 79.3 cm³/mol. The fourth-order valence-corrected chi connectivity index (χ4v) is 2.19. The second-order valence-electron chi connectivity index (χ2n) is 3.94.